The van der Waals surface area contributed by atoms with Gasteiger partial charge < -0.3 is 5.11 Å². The molecule has 2 saturated heterocycles. The third-order valence-corrected chi connectivity index (χ3v) is 5.73. The molecule has 7 nitrogen and oxygen atoms in total. The zero-order chi connectivity index (χ0) is 22.4. The lowest BCUT2D eigenvalue weighted by Gasteiger charge is -2.29. The van der Waals surface area contributed by atoms with Gasteiger partial charge >= 0.3 is 5.97 Å². The number of rotatable bonds is 4. The molecule has 0 aromatic heterocycles. The molecule has 2 aliphatic rings. The van der Waals surface area contributed by atoms with Gasteiger partial charge in [-0.3, -0.25) is 14.4 Å². The van der Waals surface area contributed by atoms with Crippen LogP contribution in [0.1, 0.15) is 22.0 Å². The first kappa shape index (κ1) is 19.9. The van der Waals surface area contributed by atoms with E-state index in [1.165, 1.54) is 35.4 Å². The molecule has 3 atom stereocenters. The van der Waals surface area contributed by atoms with Crippen molar-refractivity contribution in [1.29, 1.82) is 0 Å². The molecule has 2 amide bonds. The number of benzene rings is 3. The van der Waals surface area contributed by atoms with Crippen LogP contribution in [-0.4, -0.2) is 29.0 Å². The second-order valence-electron chi connectivity index (χ2n) is 7.51. The van der Waals surface area contributed by atoms with Crippen molar-refractivity contribution in [3.8, 4) is 0 Å². The summed E-state index contributed by atoms with van der Waals surface area (Å²) in [6.45, 7) is 0. The van der Waals surface area contributed by atoms with E-state index in [9.17, 15) is 23.9 Å². The molecule has 32 heavy (non-hydrogen) atoms. The second kappa shape index (κ2) is 7.58. The molecule has 8 heteroatoms. The van der Waals surface area contributed by atoms with Gasteiger partial charge in [-0.25, -0.2) is 19.1 Å². The minimum absolute atomic E-state index is 0.00716. The van der Waals surface area contributed by atoms with Crippen LogP contribution in [0.3, 0.4) is 0 Å². The van der Waals surface area contributed by atoms with Crippen LogP contribution in [0.15, 0.2) is 78.9 Å². The first-order chi connectivity index (χ1) is 15.5. The summed E-state index contributed by atoms with van der Waals surface area (Å²) in [5, 5.41) is 11.1. The first-order valence-corrected chi connectivity index (χ1v) is 9.94. The quantitative estimate of drug-likeness (QED) is 0.635. The van der Waals surface area contributed by atoms with Gasteiger partial charge in [-0.05, 0) is 35.9 Å². The number of carboxylic acids is 1. The Morgan fingerprint density at radius 2 is 1.53 bits per heavy atom. The molecule has 3 unspecified atom stereocenters. The number of nitrogens with zero attached hydrogens (tertiary/aromatic N) is 2. The van der Waals surface area contributed by atoms with E-state index in [1.54, 1.807) is 48.5 Å². The summed E-state index contributed by atoms with van der Waals surface area (Å²) in [5.74, 6) is -4.27. The lowest BCUT2D eigenvalue weighted by atomic mass is 9.88. The Kier molecular flexibility index (Phi) is 4.71. The van der Waals surface area contributed by atoms with Gasteiger partial charge in [-0.1, -0.05) is 48.5 Å². The summed E-state index contributed by atoms with van der Waals surface area (Å²) in [6.07, 6.45) is -1.21. The molecule has 1 N–H and O–H groups in total. The number of carboxylic acid groups (broad SMARTS) is 1. The van der Waals surface area contributed by atoms with E-state index in [0.29, 0.717) is 11.3 Å². The van der Waals surface area contributed by atoms with Gasteiger partial charge in [0, 0.05) is 0 Å². The highest BCUT2D eigenvalue weighted by atomic mass is 19.1. The summed E-state index contributed by atoms with van der Waals surface area (Å²) >= 11 is 0. The van der Waals surface area contributed by atoms with Crippen LogP contribution in [0.25, 0.3) is 0 Å². The maximum atomic E-state index is 14.4. The lowest BCUT2D eigenvalue weighted by Crippen LogP contribution is -2.38. The van der Waals surface area contributed by atoms with Crippen LogP contribution in [0.4, 0.5) is 15.8 Å². The van der Waals surface area contributed by atoms with Crippen LogP contribution >= 0.6 is 0 Å². The Hall–Kier alpha value is -4.04. The van der Waals surface area contributed by atoms with Gasteiger partial charge in [0.1, 0.15) is 11.7 Å². The van der Waals surface area contributed by atoms with Gasteiger partial charge in [-0.15, -0.1) is 0 Å². The van der Waals surface area contributed by atoms with Gasteiger partial charge in [0.05, 0.1) is 23.0 Å². The molecule has 2 fully saturated rings. The van der Waals surface area contributed by atoms with Gasteiger partial charge in [0.2, 0.25) is 5.91 Å². The summed E-state index contributed by atoms with van der Waals surface area (Å²) < 4.78 is 14.4. The molecule has 0 spiro atoms. The van der Waals surface area contributed by atoms with Crippen LogP contribution in [-0.2, 0) is 14.4 Å². The highest BCUT2D eigenvalue weighted by Gasteiger charge is 2.61. The van der Waals surface area contributed by atoms with Crippen LogP contribution in [0.2, 0.25) is 0 Å². The number of halogens is 1. The average molecular weight is 432 g/mol. The summed E-state index contributed by atoms with van der Waals surface area (Å²) in [4.78, 5) is 45.3. The van der Waals surface area contributed by atoms with Crippen molar-refractivity contribution >= 4 is 29.2 Å². The van der Waals surface area contributed by atoms with Crippen molar-refractivity contribution in [2.45, 2.75) is 12.1 Å². The fourth-order valence-electron chi connectivity index (χ4n) is 4.35. The van der Waals surface area contributed by atoms with Gasteiger partial charge in [-0.2, -0.15) is 0 Å². The van der Waals surface area contributed by atoms with E-state index in [4.69, 9.17) is 4.84 Å². The highest BCUT2D eigenvalue weighted by molar-refractivity contribution is 6.24. The van der Waals surface area contributed by atoms with Crippen LogP contribution in [0, 0.1) is 11.7 Å². The third kappa shape index (κ3) is 2.96. The Morgan fingerprint density at radius 3 is 2.25 bits per heavy atom. The molecular weight excluding hydrogens is 415 g/mol. The fraction of sp³-hybridized carbons (Fsp3) is 0.125. The number of hydroxylamine groups is 1. The van der Waals surface area contributed by atoms with Crippen LogP contribution < -0.4 is 9.96 Å². The summed E-state index contributed by atoms with van der Waals surface area (Å²) in [6, 6.07) is 19.7. The Balaban J connectivity index is 1.65. The van der Waals surface area contributed by atoms with E-state index in [2.05, 4.69) is 0 Å². The predicted molar refractivity (Wildman–Crippen MR) is 112 cm³/mol. The minimum atomic E-state index is -1.21. The molecule has 0 bridgehead atoms. The maximum Gasteiger partial charge on any atom is 0.336 e. The third-order valence-electron chi connectivity index (χ3n) is 5.73. The van der Waals surface area contributed by atoms with E-state index in [0.717, 1.165) is 4.90 Å². The number of aromatic carboxylic acids is 1. The standard InChI is InChI=1S/C24H17FN2O5/c25-17-12-6-7-13-18(17)26-22(28)19-20(15-10-4-5-11-16(15)24(30)31)27(32-21(19)23(26)29)14-8-2-1-3-9-14/h1-13,19-21H,(H,30,31). The van der Waals surface area contributed by atoms with Crippen molar-refractivity contribution in [1.82, 2.24) is 0 Å². The summed E-state index contributed by atoms with van der Waals surface area (Å²) in [5.41, 5.74) is 0.724. The van der Waals surface area contributed by atoms with E-state index < -0.39 is 41.7 Å². The van der Waals surface area contributed by atoms with Crippen molar-refractivity contribution in [2.75, 3.05) is 9.96 Å². The normalized spacial score (nSPS) is 22.3. The number of hydrogen-bond acceptors (Lipinski definition) is 5. The fourth-order valence-corrected chi connectivity index (χ4v) is 4.35. The molecule has 0 radical (unpaired) electrons. The zero-order valence-corrected chi connectivity index (χ0v) is 16.6. The number of fused-ring (bicyclic) bond motifs is 1. The monoisotopic (exact) mass is 432 g/mol. The van der Waals surface area contributed by atoms with E-state index in [1.807, 2.05) is 0 Å². The topological polar surface area (TPSA) is 87.2 Å². The average Bonchev–Trinajstić information content (AvgIpc) is 3.31. The van der Waals surface area contributed by atoms with E-state index in [-0.39, 0.29) is 11.3 Å². The summed E-state index contributed by atoms with van der Waals surface area (Å²) in [7, 11) is 0. The van der Waals surface area contributed by atoms with Crippen molar-refractivity contribution in [3.05, 3.63) is 95.8 Å². The number of hydrogen-bond donors (Lipinski definition) is 1. The smallest absolute Gasteiger partial charge is 0.336 e. The minimum Gasteiger partial charge on any atom is -0.478 e. The molecule has 160 valence electrons. The highest BCUT2D eigenvalue weighted by Crippen LogP contribution is 2.48. The number of anilines is 2. The van der Waals surface area contributed by atoms with Crippen molar-refractivity contribution in [2.24, 2.45) is 5.92 Å². The SMILES string of the molecule is O=C(O)c1ccccc1C1C2C(=O)N(c3ccccc3F)C(=O)C2ON1c1ccccc1. The number of imide groups is 1. The lowest BCUT2D eigenvalue weighted by molar-refractivity contribution is -0.126. The number of carbonyl (C=O) groups is 3. The van der Waals surface area contributed by atoms with E-state index >= 15 is 0 Å². The Bertz CT molecular complexity index is 1230. The molecule has 5 rings (SSSR count). The van der Waals surface area contributed by atoms with Crippen molar-refractivity contribution < 1.29 is 28.7 Å². The molecule has 2 aliphatic heterocycles. The number of carbonyl (C=O) groups excluding carboxylic acids is 2. The molecule has 2 heterocycles. The molecule has 0 aliphatic carbocycles. The van der Waals surface area contributed by atoms with Gasteiger partial charge in [0.15, 0.2) is 6.10 Å². The largest absolute Gasteiger partial charge is 0.478 e. The molecule has 3 aromatic carbocycles. The Labute approximate surface area is 182 Å². The predicted octanol–water partition coefficient (Wildman–Crippen LogP) is 3.58. The maximum absolute atomic E-state index is 14.4. The molecule has 3 aromatic rings. The first-order valence-electron chi connectivity index (χ1n) is 9.94. The van der Waals surface area contributed by atoms with Crippen molar-refractivity contribution in [3.63, 3.8) is 0 Å². The Morgan fingerprint density at radius 1 is 0.875 bits per heavy atom. The van der Waals surface area contributed by atoms with Crippen LogP contribution in [0.5, 0.6) is 0 Å². The van der Waals surface area contributed by atoms with Gasteiger partial charge in [0.25, 0.3) is 5.91 Å². The molecule has 0 saturated carbocycles. The zero-order valence-electron chi connectivity index (χ0n) is 16.6. The second-order valence-corrected chi connectivity index (χ2v) is 7.51. The number of amides is 2. The molecular formula is C24H17FN2O5. The number of para-hydroxylation sites is 2.